The Morgan fingerprint density at radius 2 is 1.69 bits per heavy atom. The van der Waals surface area contributed by atoms with Crippen molar-refractivity contribution in [3.05, 3.63) is 89.0 Å². The highest BCUT2D eigenvalue weighted by molar-refractivity contribution is 5.92. The van der Waals surface area contributed by atoms with Crippen LogP contribution in [-0.2, 0) is 19.1 Å². The zero-order chi connectivity index (χ0) is 20.6. The molecule has 2 heterocycles. The number of carbonyl (C=O) groups is 1. The standard InChI is InChI=1S/C22H16F4N2O/c23-19-2-1-10-27-20(19)21(29)28-11-9-15-3-4-16(12-17(15)13-28)14-5-7-18(8-6-14)22(24,25)26/h1-8,10,12H,9,11,13H2. The third-order valence-electron chi connectivity index (χ3n) is 5.01. The fourth-order valence-corrected chi connectivity index (χ4v) is 3.45. The van der Waals surface area contributed by atoms with Crippen molar-refractivity contribution >= 4 is 5.91 Å². The first-order chi connectivity index (χ1) is 13.8. The van der Waals surface area contributed by atoms with Gasteiger partial charge in [0.15, 0.2) is 11.5 Å². The number of alkyl halides is 3. The van der Waals surface area contributed by atoms with Crippen molar-refractivity contribution in [2.45, 2.75) is 19.1 Å². The van der Waals surface area contributed by atoms with Crippen molar-refractivity contribution in [1.82, 2.24) is 9.88 Å². The molecule has 0 aliphatic carbocycles. The van der Waals surface area contributed by atoms with Crippen LogP contribution < -0.4 is 0 Å². The Balaban J connectivity index is 1.59. The summed E-state index contributed by atoms with van der Waals surface area (Å²) < 4.78 is 52.2. The lowest BCUT2D eigenvalue weighted by molar-refractivity contribution is -0.137. The molecule has 1 aliphatic heterocycles. The van der Waals surface area contributed by atoms with Crippen molar-refractivity contribution in [2.75, 3.05) is 6.54 Å². The van der Waals surface area contributed by atoms with E-state index in [9.17, 15) is 22.4 Å². The van der Waals surface area contributed by atoms with Gasteiger partial charge < -0.3 is 4.90 Å². The van der Waals surface area contributed by atoms with Crippen molar-refractivity contribution in [1.29, 1.82) is 0 Å². The van der Waals surface area contributed by atoms with E-state index < -0.39 is 23.5 Å². The minimum absolute atomic E-state index is 0.213. The number of nitrogens with zero attached hydrogens (tertiary/aromatic N) is 2. The van der Waals surface area contributed by atoms with E-state index in [1.807, 2.05) is 18.2 Å². The number of hydrogen-bond donors (Lipinski definition) is 0. The number of fused-ring (bicyclic) bond motifs is 1. The van der Waals surface area contributed by atoms with Gasteiger partial charge in [0.1, 0.15) is 0 Å². The molecule has 0 atom stereocenters. The maximum atomic E-state index is 13.9. The molecule has 1 aromatic heterocycles. The molecular formula is C22H16F4N2O. The van der Waals surface area contributed by atoms with Crippen molar-refractivity contribution in [3.8, 4) is 11.1 Å². The van der Waals surface area contributed by atoms with E-state index in [4.69, 9.17) is 0 Å². The quantitative estimate of drug-likeness (QED) is 0.561. The van der Waals surface area contributed by atoms with Gasteiger partial charge in [0.25, 0.3) is 5.91 Å². The summed E-state index contributed by atoms with van der Waals surface area (Å²) in [5.74, 6) is -1.14. The van der Waals surface area contributed by atoms with Gasteiger partial charge in [0.2, 0.25) is 0 Å². The van der Waals surface area contributed by atoms with Crippen LogP contribution in [0.25, 0.3) is 11.1 Å². The van der Waals surface area contributed by atoms with Gasteiger partial charge in [-0.25, -0.2) is 9.37 Å². The zero-order valence-electron chi connectivity index (χ0n) is 15.2. The fourth-order valence-electron chi connectivity index (χ4n) is 3.45. The highest BCUT2D eigenvalue weighted by Gasteiger charge is 2.30. The third kappa shape index (κ3) is 3.85. The molecule has 2 aromatic carbocycles. The number of carbonyl (C=O) groups excluding carboxylic acids is 1. The lowest BCUT2D eigenvalue weighted by Gasteiger charge is -2.29. The minimum atomic E-state index is -4.38. The average molecular weight is 400 g/mol. The second-order valence-electron chi connectivity index (χ2n) is 6.87. The first-order valence-electron chi connectivity index (χ1n) is 9.02. The van der Waals surface area contributed by atoms with E-state index in [0.29, 0.717) is 25.1 Å². The fraction of sp³-hybridized carbons (Fsp3) is 0.182. The molecule has 0 spiro atoms. The number of pyridine rings is 1. The van der Waals surface area contributed by atoms with Gasteiger partial charge in [0.05, 0.1) is 5.56 Å². The zero-order valence-corrected chi connectivity index (χ0v) is 15.2. The largest absolute Gasteiger partial charge is 0.416 e. The van der Waals surface area contributed by atoms with E-state index in [-0.39, 0.29) is 5.69 Å². The molecule has 4 rings (SSSR count). The van der Waals surface area contributed by atoms with Crippen LogP contribution in [0.1, 0.15) is 27.2 Å². The predicted octanol–water partition coefficient (Wildman–Crippen LogP) is 5.11. The van der Waals surface area contributed by atoms with Crippen LogP contribution in [0.3, 0.4) is 0 Å². The average Bonchev–Trinajstić information content (AvgIpc) is 2.72. The van der Waals surface area contributed by atoms with Crippen molar-refractivity contribution < 1.29 is 22.4 Å². The van der Waals surface area contributed by atoms with E-state index in [1.54, 1.807) is 0 Å². The van der Waals surface area contributed by atoms with Crippen LogP contribution in [-0.4, -0.2) is 22.3 Å². The topological polar surface area (TPSA) is 33.2 Å². The van der Waals surface area contributed by atoms with E-state index in [0.717, 1.165) is 28.8 Å². The third-order valence-corrected chi connectivity index (χ3v) is 5.01. The van der Waals surface area contributed by atoms with Crippen LogP contribution in [0, 0.1) is 5.82 Å². The molecule has 7 heteroatoms. The smallest absolute Gasteiger partial charge is 0.333 e. The first kappa shape index (κ1) is 19.1. The molecule has 0 N–H and O–H groups in total. The molecule has 0 bridgehead atoms. The first-order valence-corrected chi connectivity index (χ1v) is 9.02. The monoisotopic (exact) mass is 400 g/mol. The van der Waals surface area contributed by atoms with Crippen LogP contribution in [0.15, 0.2) is 60.8 Å². The van der Waals surface area contributed by atoms with Crippen LogP contribution in [0.4, 0.5) is 17.6 Å². The van der Waals surface area contributed by atoms with E-state index in [1.165, 1.54) is 35.4 Å². The lowest BCUT2D eigenvalue weighted by atomic mass is 9.94. The van der Waals surface area contributed by atoms with Gasteiger partial charge in [0, 0.05) is 19.3 Å². The summed E-state index contributed by atoms with van der Waals surface area (Å²) in [5, 5.41) is 0. The molecular weight excluding hydrogens is 384 g/mol. The van der Waals surface area contributed by atoms with Crippen LogP contribution >= 0.6 is 0 Å². The number of benzene rings is 2. The molecule has 0 saturated carbocycles. The molecule has 148 valence electrons. The van der Waals surface area contributed by atoms with Gasteiger partial charge in [-0.3, -0.25) is 4.79 Å². The summed E-state index contributed by atoms with van der Waals surface area (Å²) in [6.45, 7) is 0.736. The van der Waals surface area contributed by atoms with Crippen LogP contribution in [0.5, 0.6) is 0 Å². The Kier molecular flexibility index (Phi) is 4.82. The Morgan fingerprint density at radius 1 is 0.966 bits per heavy atom. The normalized spacial score (nSPS) is 13.9. The van der Waals surface area contributed by atoms with Gasteiger partial charge in [-0.2, -0.15) is 13.2 Å². The summed E-state index contributed by atoms with van der Waals surface area (Å²) in [6, 6.07) is 13.2. The Morgan fingerprint density at radius 3 is 2.38 bits per heavy atom. The lowest BCUT2D eigenvalue weighted by Crippen LogP contribution is -2.36. The van der Waals surface area contributed by atoms with Gasteiger partial charge in [-0.05, 0) is 59.0 Å². The Bertz CT molecular complexity index is 1060. The summed E-state index contributed by atoms with van der Waals surface area (Å²) in [4.78, 5) is 18.0. The SMILES string of the molecule is O=C(c1ncccc1F)N1CCc2ccc(-c3ccc(C(F)(F)F)cc3)cc2C1. The number of amides is 1. The second kappa shape index (κ2) is 7.31. The molecule has 29 heavy (non-hydrogen) atoms. The molecule has 3 aromatic rings. The molecule has 0 radical (unpaired) electrons. The van der Waals surface area contributed by atoms with Gasteiger partial charge in [-0.15, -0.1) is 0 Å². The van der Waals surface area contributed by atoms with Crippen molar-refractivity contribution in [3.63, 3.8) is 0 Å². The highest BCUT2D eigenvalue weighted by atomic mass is 19.4. The van der Waals surface area contributed by atoms with Crippen LogP contribution in [0.2, 0.25) is 0 Å². The highest BCUT2D eigenvalue weighted by Crippen LogP contribution is 2.32. The number of rotatable bonds is 2. The van der Waals surface area contributed by atoms with Crippen molar-refractivity contribution in [2.24, 2.45) is 0 Å². The summed E-state index contributed by atoms with van der Waals surface area (Å²) in [7, 11) is 0. The number of halogens is 4. The number of aromatic nitrogens is 1. The molecule has 3 nitrogen and oxygen atoms in total. The molecule has 0 saturated heterocycles. The van der Waals surface area contributed by atoms with E-state index >= 15 is 0 Å². The maximum absolute atomic E-state index is 13.9. The predicted molar refractivity (Wildman–Crippen MR) is 99.5 cm³/mol. The number of hydrogen-bond acceptors (Lipinski definition) is 2. The summed E-state index contributed by atoms with van der Waals surface area (Å²) in [6.07, 6.45) is -2.39. The summed E-state index contributed by atoms with van der Waals surface area (Å²) >= 11 is 0. The van der Waals surface area contributed by atoms with Gasteiger partial charge in [-0.1, -0.05) is 24.3 Å². The molecule has 1 amide bonds. The van der Waals surface area contributed by atoms with E-state index in [2.05, 4.69) is 4.98 Å². The summed E-state index contributed by atoms with van der Waals surface area (Å²) in [5.41, 5.74) is 2.45. The van der Waals surface area contributed by atoms with Gasteiger partial charge >= 0.3 is 6.18 Å². The minimum Gasteiger partial charge on any atom is -0.333 e. The molecule has 0 unspecified atom stereocenters. The second-order valence-corrected chi connectivity index (χ2v) is 6.87. The molecule has 1 aliphatic rings. The Hall–Kier alpha value is -3.22. The Labute approximate surface area is 164 Å². The molecule has 0 fully saturated rings. The maximum Gasteiger partial charge on any atom is 0.416 e.